The van der Waals surface area contributed by atoms with Gasteiger partial charge in [-0.2, -0.15) is 10.5 Å². The maximum Gasteiger partial charge on any atom is 0.216 e. The molecule has 1 aromatic carbocycles. The van der Waals surface area contributed by atoms with E-state index in [1.165, 1.54) is 6.20 Å². The first-order valence-corrected chi connectivity index (χ1v) is 6.26. The van der Waals surface area contributed by atoms with Gasteiger partial charge in [-0.05, 0) is 46.0 Å². The van der Waals surface area contributed by atoms with Crippen LogP contribution in [0, 0.1) is 14.9 Å². The van der Waals surface area contributed by atoms with Crippen LogP contribution in [0.15, 0.2) is 24.4 Å². The first-order chi connectivity index (χ1) is 9.24. The number of nitriles is 1. The molecule has 0 aliphatic carbocycles. The van der Waals surface area contributed by atoms with Crippen molar-refractivity contribution in [3.8, 4) is 11.8 Å². The van der Waals surface area contributed by atoms with Crippen LogP contribution in [0.25, 0.3) is 5.57 Å². The number of aromatic nitrogens is 4. The Hall–Kier alpha value is -2.15. The summed E-state index contributed by atoms with van der Waals surface area (Å²) in [6.07, 6.45) is 1.54. The molecule has 96 valence electrons. The number of methoxy groups -OCH3 is 1. The Kier molecular flexibility index (Phi) is 4.30. The first-order valence-electron chi connectivity index (χ1n) is 5.18. The zero-order chi connectivity index (χ0) is 13.7. The Morgan fingerprint density at radius 2 is 2.42 bits per heavy atom. The zero-order valence-electron chi connectivity index (χ0n) is 9.88. The molecule has 2 aromatic rings. The summed E-state index contributed by atoms with van der Waals surface area (Å²) in [5.41, 5.74) is 1.15. The number of allylic oxidation sites excluding steroid dienone is 1. The molecule has 1 aromatic heterocycles. The maximum absolute atomic E-state index is 9.03. The van der Waals surface area contributed by atoms with Gasteiger partial charge in [0.2, 0.25) is 5.82 Å². The van der Waals surface area contributed by atoms with Gasteiger partial charge in [-0.25, -0.2) is 0 Å². The second-order valence-corrected chi connectivity index (χ2v) is 4.56. The van der Waals surface area contributed by atoms with Crippen LogP contribution in [0.5, 0.6) is 5.75 Å². The molecule has 1 heterocycles. The van der Waals surface area contributed by atoms with E-state index in [9.17, 15) is 0 Å². The number of hydrogen-bond donors (Lipinski definition) is 2. The molecular weight excluding hydrogens is 359 g/mol. The van der Waals surface area contributed by atoms with Crippen molar-refractivity contribution in [3.63, 3.8) is 0 Å². The number of tetrazole rings is 1. The highest BCUT2D eigenvalue weighted by Crippen LogP contribution is 2.24. The average Bonchev–Trinajstić information content (AvgIpc) is 2.95. The number of hydrogen-bond acceptors (Lipinski definition) is 6. The topological polar surface area (TPSA) is 99.5 Å². The Morgan fingerprint density at radius 1 is 1.58 bits per heavy atom. The number of benzene rings is 1. The van der Waals surface area contributed by atoms with Gasteiger partial charge in [-0.3, -0.25) is 0 Å². The predicted molar refractivity (Wildman–Crippen MR) is 77.1 cm³/mol. The number of H-pyrrole nitrogens is 1. The van der Waals surface area contributed by atoms with Crippen LogP contribution < -0.4 is 10.1 Å². The summed E-state index contributed by atoms with van der Waals surface area (Å²) in [7, 11) is 1.61. The standard InChI is InChI=1S/C11H9IN6O/c1-19-8-2-3-10(9(12)4-8)14-6-7(5-13)11-15-17-18-16-11/h2-4,6,14H,1H3,(H,15,16,17,18). The fourth-order valence-corrected chi connectivity index (χ4v) is 1.95. The monoisotopic (exact) mass is 368 g/mol. The first kappa shape index (κ1) is 13.3. The van der Waals surface area contributed by atoms with Crippen molar-refractivity contribution in [1.82, 2.24) is 20.6 Å². The SMILES string of the molecule is COc1ccc(NC=C(C#N)c2nn[nH]n2)c(I)c1. The lowest BCUT2D eigenvalue weighted by Gasteiger charge is -2.06. The van der Waals surface area contributed by atoms with E-state index < -0.39 is 0 Å². The van der Waals surface area contributed by atoms with Crippen LogP contribution in [0.4, 0.5) is 5.69 Å². The molecule has 0 radical (unpaired) electrons. The normalized spacial score (nSPS) is 10.9. The van der Waals surface area contributed by atoms with Gasteiger partial charge in [-0.1, -0.05) is 0 Å². The highest BCUT2D eigenvalue weighted by Gasteiger charge is 2.06. The maximum atomic E-state index is 9.03. The average molecular weight is 368 g/mol. The fourth-order valence-electron chi connectivity index (χ4n) is 1.31. The number of anilines is 1. The number of rotatable bonds is 4. The molecule has 0 saturated heterocycles. The summed E-state index contributed by atoms with van der Waals surface area (Å²) in [5.74, 6) is 1.02. The van der Waals surface area contributed by atoms with Crippen LogP contribution in [0.1, 0.15) is 5.82 Å². The molecule has 0 atom stereocenters. The van der Waals surface area contributed by atoms with Gasteiger partial charge in [-0.15, -0.1) is 10.2 Å². The molecule has 2 rings (SSSR count). The molecule has 0 saturated carbocycles. The fraction of sp³-hybridized carbons (Fsp3) is 0.0909. The van der Waals surface area contributed by atoms with Gasteiger partial charge in [0.1, 0.15) is 17.4 Å². The number of halogens is 1. The smallest absolute Gasteiger partial charge is 0.216 e. The molecule has 7 nitrogen and oxygen atoms in total. The van der Waals surface area contributed by atoms with E-state index in [0.29, 0.717) is 5.57 Å². The second kappa shape index (κ2) is 6.14. The Labute approximate surface area is 122 Å². The highest BCUT2D eigenvalue weighted by molar-refractivity contribution is 14.1. The van der Waals surface area contributed by atoms with E-state index in [1.807, 2.05) is 24.3 Å². The Bertz CT molecular complexity index is 631. The van der Waals surface area contributed by atoms with Gasteiger partial charge in [0.25, 0.3) is 0 Å². The van der Waals surface area contributed by atoms with Crippen molar-refractivity contribution in [2.75, 3.05) is 12.4 Å². The molecule has 0 amide bonds. The number of nitrogens with zero attached hydrogens (tertiary/aromatic N) is 4. The van der Waals surface area contributed by atoms with Crippen LogP contribution in [0.3, 0.4) is 0 Å². The van der Waals surface area contributed by atoms with Gasteiger partial charge in [0.15, 0.2) is 0 Å². The van der Waals surface area contributed by atoms with Crippen molar-refractivity contribution in [2.24, 2.45) is 0 Å². The molecule has 0 spiro atoms. The van der Waals surface area contributed by atoms with E-state index in [1.54, 1.807) is 7.11 Å². The molecule has 0 unspecified atom stereocenters. The zero-order valence-corrected chi connectivity index (χ0v) is 12.0. The van der Waals surface area contributed by atoms with Crippen molar-refractivity contribution in [3.05, 3.63) is 33.8 Å². The van der Waals surface area contributed by atoms with Crippen LogP contribution in [-0.4, -0.2) is 27.7 Å². The van der Waals surface area contributed by atoms with Gasteiger partial charge in [0, 0.05) is 9.77 Å². The van der Waals surface area contributed by atoms with E-state index in [-0.39, 0.29) is 5.82 Å². The molecule has 0 fully saturated rings. The van der Waals surface area contributed by atoms with E-state index >= 15 is 0 Å². The molecule has 0 aliphatic rings. The van der Waals surface area contributed by atoms with Crippen molar-refractivity contribution in [1.29, 1.82) is 5.26 Å². The van der Waals surface area contributed by atoms with Gasteiger partial charge in [0.05, 0.1) is 12.8 Å². The van der Waals surface area contributed by atoms with Crippen LogP contribution >= 0.6 is 22.6 Å². The van der Waals surface area contributed by atoms with Gasteiger partial charge < -0.3 is 10.1 Å². The van der Waals surface area contributed by atoms with Crippen molar-refractivity contribution < 1.29 is 4.74 Å². The molecule has 0 bridgehead atoms. The summed E-state index contributed by atoms with van der Waals surface area (Å²) in [6, 6.07) is 7.58. The minimum Gasteiger partial charge on any atom is -0.497 e. The van der Waals surface area contributed by atoms with Crippen LogP contribution in [0.2, 0.25) is 0 Å². The second-order valence-electron chi connectivity index (χ2n) is 3.40. The number of aromatic amines is 1. The molecular formula is C11H9IN6O. The third kappa shape index (κ3) is 3.19. The largest absolute Gasteiger partial charge is 0.497 e. The molecule has 8 heteroatoms. The lowest BCUT2D eigenvalue weighted by Crippen LogP contribution is -1.95. The summed E-state index contributed by atoms with van der Waals surface area (Å²) < 4.78 is 6.09. The van der Waals surface area contributed by atoms with E-state index in [0.717, 1.165) is 15.0 Å². The molecule has 2 N–H and O–H groups in total. The van der Waals surface area contributed by atoms with E-state index in [4.69, 9.17) is 10.00 Å². The molecule has 0 aliphatic heterocycles. The number of nitrogens with one attached hydrogen (secondary N) is 2. The van der Waals surface area contributed by atoms with E-state index in [2.05, 4.69) is 48.5 Å². The third-order valence-electron chi connectivity index (χ3n) is 2.25. The molecule has 19 heavy (non-hydrogen) atoms. The summed E-state index contributed by atoms with van der Waals surface area (Å²) in [6.45, 7) is 0. The summed E-state index contributed by atoms with van der Waals surface area (Å²) in [5, 5.41) is 25.3. The summed E-state index contributed by atoms with van der Waals surface area (Å²) >= 11 is 2.18. The minimum absolute atomic E-state index is 0.249. The lowest BCUT2D eigenvalue weighted by molar-refractivity contribution is 0.414. The highest BCUT2D eigenvalue weighted by atomic mass is 127. The minimum atomic E-state index is 0.249. The van der Waals surface area contributed by atoms with Crippen molar-refractivity contribution in [2.45, 2.75) is 0 Å². The Balaban J connectivity index is 2.20. The number of ether oxygens (including phenoxy) is 1. The Morgan fingerprint density at radius 3 is 3.00 bits per heavy atom. The predicted octanol–water partition coefficient (Wildman–Crippen LogP) is 1.79. The lowest BCUT2D eigenvalue weighted by atomic mass is 10.3. The van der Waals surface area contributed by atoms with Crippen LogP contribution in [-0.2, 0) is 0 Å². The van der Waals surface area contributed by atoms with Crippen molar-refractivity contribution >= 4 is 33.9 Å². The third-order valence-corrected chi connectivity index (χ3v) is 3.15. The summed E-state index contributed by atoms with van der Waals surface area (Å²) in [4.78, 5) is 0. The quantitative estimate of drug-likeness (QED) is 0.631. The van der Waals surface area contributed by atoms with Gasteiger partial charge >= 0.3 is 0 Å².